The number of aromatic nitrogens is 2. The fourth-order valence-corrected chi connectivity index (χ4v) is 3.22. The molecule has 0 spiro atoms. The van der Waals surface area contributed by atoms with Crippen LogP contribution in [0.25, 0.3) is 0 Å². The van der Waals surface area contributed by atoms with Gasteiger partial charge in [0.05, 0.1) is 12.0 Å². The molecule has 0 aliphatic carbocycles. The highest BCUT2D eigenvalue weighted by molar-refractivity contribution is 7.93. The van der Waals surface area contributed by atoms with Crippen LogP contribution < -0.4 is 10.0 Å². The van der Waals surface area contributed by atoms with Gasteiger partial charge < -0.3 is 4.74 Å². The van der Waals surface area contributed by atoms with Crippen molar-refractivity contribution in [1.29, 1.82) is 0 Å². The van der Waals surface area contributed by atoms with Crippen molar-refractivity contribution in [2.75, 3.05) is 17.1 Å². The second-order valence-corrected chi connectivity index (χ2v) is 6.74. The van der Waals surface area contributed by atoms with Gasteiger partial charge in [0, 0.05) is 8.54 Å². The molecule has 1 aromatic heterocycles. The molecule has 0 aliphatic rings. The predicted molar refractivity (Wildman–Crippen MR) is 93.5 cm³/mol. The van der Waals surface area contributed by atoms with Gasteiger partial charge in [-0.1, -0.05) is 25.2 Å². The summed E-state index contributed by atoms with van der Waals surface area (Å²) in [5, 5.41) is 10.7. The number of nitrogens with zero attached hydrogens (tertiary/aromatic N) is 2. The normalized spacial score (nSPS) is 10.3. The second kappa shape index (κ2) is 8.44. The number of methoxy groups -OCH3 is 1. The summed E-state index contributed by atoms with van der Waals surface area (Å²) in [5.41, 5.74) is 0.424. The molecule has 0 atom stereocenters. The summed E-state index contributed by atoms with van der Waals surface area (Å²) in [4.78, 5) is 11.1. The van der Waals surface area contributed by atoms with Crippen LogP contribution in [0.4, 0.5) is 15.6 Å². The number of amides is 1. The van der Waals surface area contributed by atoms with E-state index in [0.717, 1.165) is 11.3 Å². The van der Waals surface area contributed by atoms with Crippen LogP contribution in [0, 0.1) is 6.92 Å². The molecular weight excluding hydrogens is 340 g/mol. The van der Waals surface area contributed by atoms with Crippen molar-refractivity contribution < 1.29 is 20.8 Å². The minimum Gasteiger partial charge on any atom is -0.453 e. The molecule has 1 amide bonds. The van der Waals surface area contributed by atoms with Crippen LogP contribution >= 0.6 is 11.3 Å². The van der Waals surface area contributed by atoms with E-state index >= 15 is 0 Å². The maximum atomic E-state index is 12.1. The number of carbonyl (C=O) groups excluding carboxylic acids is 1. The van der Waals surface area contributed by atoms with Gasteiger partial charge >= 0.3 is 6.09 Å². The third-order valence-corrected chi connectivity index (χ3v) is 4.58. The fourth-order valence-electron chi connectivity index (χ4n) is 1.40. The molecule has 0 fully saturated rings. The lowest BCUT2D eigenvalue weighted by Crippen LogP contribution is -2.14. The van der Waals surface area contributed by atoms with Crippen molar-refractivity contribution >= 4 is 38.3 Å². The molecule has 2 rings (SSSR count). The fraction of sp³-hybridized carbons (Fsp3) is 0.308. The van der Waals surface area contributed by atoms with E-state index in [2.05, 4.69) is 25.0 Å². The van der Waals surface area contributed by atoms with E-state index in [1.54, 1.807) is 6.92 Å². The Kier molecular flexibility index (Phi) is 6.91. The van der Waals surface area contributed by atoms with Gasteiger partial charge in [-0.05, 0) is 31.2 Å². The van der Waals surface area contributed by atoms with Gasteiger partial charge in [0.15, 0.2) is 0 Å². The molecule has 1 aromatic carbocycles. The van der Waals surface area contributed by atoms with Gasteiger partial charge in [-0.2, -0.15) is 0 Å². The molecule has 10 heteroatoms. The topological polar surface area (TPSA) is 110 Å². The molecule has 2 N–H and O–H groups in total. The van der Waals surface area contributed by atoms with Crippen LogP contribution in [-0.2, 0) is 14.8 Å². The summed E-state index contributed by atoms with van der Waals surface area (Å²) >= 11 is 1.14. The van der Waals surface area contributed by atoms with Gasteiger partial charge in [0.2, 0.25) is 5.13 Å². The number of benzene rings is 1. The van der Waals surface area contributed by atoms with Crippen LogP contribution in [0.15, 0.2) is 29.2 Å². The number of sulfonamides is 1. The number of aryl methyl sites for hydroxylation is 1. The van der Waals surface area contributed by atoms with Gasteiger partial charge in [-0.3, -0.25) is 10.0 Å². The van der Waals surface area contributed by atoms with Crippen LogP contribution in [0.3, 0.4) is 0 Å². The minimum absolute atomic E-state index is 0. The monoisotopic (exact) mass is 362 g/mol. The molecule has 0 saturated heterocycles. The van der Waals surface area contributed by atoms with Crippen LogP contribution in [-0.4, -0.2) is 31.8 Å². The number of ether oxygens (including phenoxy) is 1. The van der Waals surface area contributed by atoms with Crippen molar-refractivity contribution in [3.63, 3.8) is 0 Å². The van der Waals surface area contributed by atoms with Crippen molar-refractivity contribution in [1.82, 2.24) is 10.2 Å². The van der Waals surface area contributed by atoms with Gasteiger partial charge in [-0.15, -0.1) is 10.2 Å². The zero-order chi connectivity index (χ0) is 17.5. The third-order valence-electron chi connectivity index (χ3n) is 2.34. The van der Waals surface area contributed by atoms with Crippen molar-refractivity contribution in [3.05, 3.63) is 29.3 Å². The second-order valence-electron chi connectivity index (χ2n) is 3.87. The summed E-state index contributed by atoms with van der Waals surface area (Å²) < 4.78 is 31.0. The Labute approximate surface area is 141 Å². The molecular formula is C13H22N4O4S2. The molecule has 8 nitrogen and oxygen atoms in total. The van der Waals surface area contributed by atoms with E-state index in [1.165, 1.54) is 31.4 Å². The first kappa shape index (κ1) is 18.8. The Morgan fingerprint density at radius 2 is 1.83 bits per heavy atom. The molecule has 0 saturated carbocycles. The Balaban J connectivity index is 0. The van der Waals surface area contributed by atoms with Gasteiger partial charge in [0.25, 0.3) is 10.0 Å². The highest BCUT2D eigenvalue weighted by Gasteiger charge is 2.16. The molecule has 0 unspecified atom stereocenters. The van der Waals surface area contributed by atoms with Crippen molar-refractivity contribution in [2.45, 2.75) is 25.7 Å². The number of hydrogen-bond donors (Lipinski definition) is 2. The number of hydrogen-bond acceptors (Lipinski definition) is 7. The van der Waals surface area contributed by atoms with Gasteiger partial charge in [0.1, 0.15) is 5.01 Å². The van der Waals surface area contributed by atoms with Crippen molar-refractivity contribution in [2.24, 2.45) is 0 Å². The lowest BCUT2D eigenvalue weighted by Gasteiger charge is -2.06. The highest BCUT2D eigenvalue weighted by atomic mass is 32.2. The van der Waals surface area contributed by atoms with Gasteiger partial charge in [-0.25, -0.2) is 13.2 Å². The van der Waals surface area contributed by atoms with E-state index in [9.17, 15) is 13.2 Å². The summed E-state index contributed by atoms with van der Waals surface area (Å²) in [6.07, 6.45) is -0.631. The molecule has 0 aliphatic heterocycles. The lowest BCUT2D eigenvalue weighted by molar-refractivity contribution is 0.187. The molecule has 130 valence electrons. The first-order valence-electron chi connectivity index (χ1n) is 6.68. The highest BCUT2D eigenvalue weighted by Crippen LogP contribution is 2.20. The van der Waals surface area contributed by atoms with Crippen molar-refractivity contribution in [3.8, 4) is 0 Å². The number of anilines is 2. The Bertz CT molecular complexity index is 752. The Morgan fingerprint density at radius 1 is 1.22 bits per heavy atom. The van der Waals surface area contributed by atoms with Crippen LogP contribution in [0.1, 0.15) is 21.7 Å². The quantitative estimate of drug-likeness (QED) is 0.863. The lowest BCUT2D eigenvalue weighted by atomic mass is 10.3. The first-order valence-corrected chi connectivity index (χ1v) is 8.98. The zero-order valence-electron chi connectivity index (χ0n) is 13.2. The molecule has 23 heavy (non-hydrogen) atoms. The van der Waals surface area contributed by atoms with E-state index in [0.29, 0.717) is 10.7 Å². The Hall–Kier alpha value is -2.20. The molecule has 1 heterocycles. The van der Waals surface area contributed by atoms with Crippen LogP contribution in [0.2, 0.25) is 0 Å². The Morgan fingerprint density at radius 3 is 2.30 bits per heavy atom. The maximum absolute atomic E-state index is 12.1. The number of nitrogens with one attached hydrogen (secondary N) is 2. The minimum atomic E-state index is -3.74. The molecule has 0 radical (unpaired) electrons. The largest absolute Gasteiger partial charge is 0.453 e. The summed E-state index contributed by atoms with van der Waals surface area (Å²) in [6.45, 7) is 5.72. The summed E-state index contributed by atoms with van der Waals surface area (Å²) in [5.74, 6) is 0. The van der Waals surface area contributed by atoms with E-state index in [1.807, 2.05) is 13.8 Å². The summed E-state index contributed by atoms with van der Waals surface area (Å²) in [7, 11) is -2.50. The smallest absolute Gasteiger partial charge is 0.411 e. The standard InChI is InChI=1S/C11H12N4O4S2.C2H6.2H2/c1-7-13-14-10(20-7)15-21(17,18)9-5-3-8(4-6-9)12-11(16)19-2;1-2;;/h3-6H,1-2H3,(H,12,16)(H,14,15);1-2H3;2*1H. The third kappa shape index (κ3) is 5.49. The SMILES string of the molecule is CC.COC(=O)Nc1ccc(S(=O)(=O)Nc2nnc(C)s2)cc1.[HH].[HH]. The first-order chi connectivity index (χ1) is 10.9. The number of carbonyl (C=O) groups is 1. The predicted octanol–water partition coefficient (Wildman–Crippen LogP) is 3.34. The molecule has 2 aromatic rings. The number of rotatable bonds is 4. The van der Waals surface area contributed by atoms with Crippen LogP contribution in [0.5, 0.6) is 0 Å². The average Bonchev–Trinajstić information content (AvgIpc) is 2.94. The summed E-state index contributed by atoms with van der Waals surface area (Å²) in [6, 6.07) is 5.64. The average molecular weight is 362 g/mol. The maximum Gasteiger partial charge on any atom is 0.411 e. The van der Waals surface area contributed by atoms with E-state index < -0.39 is 16.1 Å². The zero-order valence-corrected chi connectivity index (χ0v) is 14.8. The van der Waals surface area contributed by atoms with E-state index in [-0.39, 0.29) is 12.9 Å². The molecule has 0 bridgehead atoms. The van der Waals surface area contributed by atoms with E-state index in [4.69, 9.17) is 0 Å².